The van der Waals surface area contributed by atoms with Gasteiger partial charge in [0, 0.05) is 5.69 Å². The molecule has 17 heavy (non-hydrogen) atoms. The minimum atomic E-state index is -0.514. The summed E-state index contributed by atoms with van der Waals surface area (Å²) < 4.78 is 5.24. The van der Waals surface area contributed by atoms with Crippen molar-refractivity contribution in [2.24, 2.45) is 5.73 Å². The van der Waals surface area contributed by atoms with Crippen LogP contribution in [0.5, 0.6) is 0 Å². The average molecular weight is 235 g/mol. The molecule has 0 radical (unpaired) electrons. The summed E-state index contributed by atoms with van der Waals surface area (Å²) in [6.45, 7) is 5.94. The van der Waals surface area contributed by atoms with E-state index in [-0.39, 0.29) is 0 Å². The molecule has 0 saturated heterocycles. The second kappa shape index (κ2) is 4.29. The summed E-state index contributed by atoms with van der Waals surface area (Å²) in [6, 6.07) is 0. The standard InChI is InChI=1S/C11H17N5O/c1-4-11(12,5-2)10-14-9(17-16-10)8-6-13-15-7(8)3/h6H,4-5,12H2,1-3H3,(H,13,15). The van der Waals surface area contributed by atoms with Gasteiger partial charge in [-0.1, -0.05) is 19.0 Å². The van der Waals surface area contributed by atoms with Gasteiger partial charge in [0.2, 0.25) is 0 Å². The molecule has 0 bridgehead atoms. The monoisotopic (exact) mass is 235 g/mol. The number of aromatic amines is 1. The number of nitrogens with one attached hydrogen (secondary N) is 1. The predicted molar refractivity (Wildman–Crippen MR) is 63.1 cm³/mol. The lowest BCUT2D eigenvalue weighted by molar-refractivity contribution is 0.350. The summed E-state index contributed by atoms with van der Waals surface area (Å²) in [6.07, 6.45) is 3.21. The summed E-state index contributed by atoms with van der Waals surface area (Å²) in [5.74, 6) is 1.01. The maximum Gasteiger partial charge on any atom is 0.261 e. The van der Waals surface area contributed by atoms with Crippen LogP contribution in [0.1, 0.15) is 38.2 Å². The quantitative estimate of drug-likeness (QED) is 0.841. The molecule has 0 aliphatic carbocycles. The van der Waals surface area contributed by atoms with E-state index in [0.29, 0.717) is 11.7 Å². The highest BCUT2D eigenvalue weighted by atomic mass is 16.5. The van der Waals surface area contributed by atoms with Crippen molar-refractivity contribution in [1.82, 2.24) is 20.3 Å². The summed E-state index contributed by atoms with van der Waals surface area (Å²) in [4.78, 5) is 4.36. The number of hydrogen-bond donors (Lipinski definition) is 2. The molecule has 2 aromatic heterocycles. The fourth-order valence-corrected chi connectivity index (χ4v) is 1.67. The van der Waals surface area contributed by atoms with Crippen LogP contribution in [-0.2, 0) is 5.54 Å². The first kappa shape index (κ1) is 11.8. The van der Waals surface area contributed by atoms with Gasteiger partial charge in [-0.25, -0.2) is 0 Å². The SMILES string of the molecule is CCC(N)(CC)c1noc(-c2cn[nH]c2C)n1. The lowest BCUT2D eigenvalue weighted by Gasteiger charge is -2.21. The van der Waals surface area contributed by atoms with Gasteiger partial charge in [0.15, 0.2) is 5.82 Å². The first-order valence-corrected chi connectivity index (χ1v) is 5.74. The molecule has 0 aliphatic heterocycles. The highest BCUT2D eigenvalue weighted by molar-refractivity contribution is 5.54. The Morgan fingerprint density at radius 3 is 2.65 bits per heavy atom. The van der Waals surface area contributed by atoms with Crippen LogP contribution in [0.4, 0.5) is 0 Å². The van der Waals surface area contributed by atoms with E-state index in [4.69, 9.17) is 10.3 Å². The smallest absolute Gasteiger partial charge is 0.261 e. The number of hydrogen-bond acceptors (Lipinski definition) is 5. The normalized spacial score (nSPS) is 12.0. The molecular weight excluding hydrogens is 218 g/mol. The number of nitrogens with zero attached hydrogens (tertiary/aromatic N) is 3. The van der Waals surface area contributed by atoms with Crippen molar-refractivity contribution in [2.75, 3.05) is 0 Å². The zero-order chi connectivity index (χ0) is 12.5. The third-order valence-electron chi connectivity index (χ3n) is 3.19. The van der Waals surface area contributed by atoms with Crippen molar-refractivity contribution in [3.63, 3.8) is 0 Å². The Hall–Kier alpha value is -1.69. The zero-order valence-electron chi connectivity index (χ0n) is 10.3. The van der Waals surface area contributed by atoms with Crippen molar-refractivity contribution in [1.29, 1.82) is 0 Å². The van der Waals surface area contributed by atoms with Crippen molar-refractivity contribution < 1.29 is 4.52 Å². The minimum Gasteiger partial charge on any atom is -0.334 e. The summed E-state index contributed by atoms with van der Waals surface area (Å²) >= 11 is 0. The highest BCUT2D eigenvalue weighted by Gasteiger charge is 2.29. The van der Waals surface area contributed by atoms with Gasteiger partial charge in [-0.15, -0.1) is 0 Å². The van der Waals surface area contributed by atoms with E-state index < -0.39 is 5.54 Å². The first-order valence-electron chi connectivity index (χ1n) is 5.74. The maximum absolute atomic E-state index is 6.21. The molecule has 0 saturated carbocycles. The molecule has 2 rings (SSSR count). The second-order valence-electron chi connectivity index (χ2n) is 4.20. The lowest BCUT2D eigenvalue weighted by Crippen LogP contribution is -2.36. The molecule has 6 heteroatoms. The number of H-pyrrole nitrogens is 1. The van der Waals surface area contributed by atoms with Crippen molar-refractivity contribution >= 4 is 0 Å². The van der Waals surface area contributed by atoms with Crippen molar-refractivity contribution in [3.8, 4) is 11.5 Å². The van der Waals surface area contributed by atoms with Gasteiger partial charge < -0.3 is 10.3 Å². The van der Waals surface area contributed by atoms with E-state index in [9.17, 15) is 0 Å². The fraction of sp³-hybridized carbons (Fsp3) is 0.545. The van der Waals surface area contributed by atoms with Crippen LogP contribution in [0, 0.1) is 6.92 Å². The summed E-state index contributed by atoms with van der Waals surface area (Å²) in [5, 5.41) is 10.7. The molecule has 0 spiro atoms. The van der Waals surface area contributed by atoms with E-state index in [2.05, 4.69) is 20.3 Å². The van der Waals surface area contributed by atoms with Gasteiger partial charge in [-0.3, -0.25) is 5.10 Å². The molecule has 2 aromatic rings. The van der Waals surface area contributed by atoms with Gasteiger partial charge in [0.05, 0.1) is 17.3 Å². The Bertz CT molecular complexity index is 497. The Kier molecular flexibility index (Phi) is 2.97. The van der Waals surface area contributed by atoms with Crippen LogP contribution in [0.15, 0.2) is 10.7 Å². The Morgan fingerprint density at radius 2 is 2.12 bits per heavy atom. The van der Waals surface area contributed by atoms with E-state index in [0.717, 1.165) is 24.1 Å². The summed E-state index contributed by atoms with van der Waals surface area (Å²) in [5.41, 5.74) is 7.42. The first-order chi connectivity index (χ1) is 8.10. The Morgan fingerprint density at radius 1 is 1.41 bits per heavy atom. The van der Waals surface area contributed by atoms with Crippen LogP contribution >= 0.6 is 0 Å². The molecule has 3 N–H and O–H groups in total. The van der Waals surface area contributed by atoms with E-state index >= 15 is 0 Å². The topological polar surface area (TPSA) is 93.6 Å². The predicted octanol–water partition coefficient (Wildman–Crippen LogP) is 1.74. The number of nitrogens with two attached hydrogens (primary N) is 1. The number of rotatable bonds is 4. The molecule has 0 fully saturated rings. The molecule has 92 valence electrons. The molecule has 0 atom stereocenters. The summed E-state index contributed by atoms with van der Waals surface area (Å²) in [7, 11) is 0. The van der Waals surface area contributed by atoms with Crippen LogP contribution < -0.4 is 5.73 Å². The average Bonchev–Trinajstić information content (AvgIpc) is 2.96. The van der Waals surface area contributed by atoms with E-state index in [1.165, 1.54) is 0 Å². The minimum absolute atomic E-state index is 0.461. The molecule has 0 aromatic carbocycles. The van der Waals surface area contributed by atoms with Crippen LogP contribution in [-0.4, -0.2) is 20.3 Å². The third-order valence-corrected chi connectivity index (χ3v) is 3.19. The second-order valence-corrected chi connectivity index (χ2v) is 4.20. The van der Waals surface area contributed by atoms with E-state index in [1.54, 1.807) is 6.20 Å². The maximum atomic E-state index is 6.21. The molecule has 0 amide bonds. The van der Waals surface area contributed by atoms with Gasteiger partial charge in [-0.05, 0) is 19.8 Å². The van der Waals surface area contributed by atoms with Gasteiger partial charge in [-0.2, -0.15) is 10.1 Å². The van der Waals surface area contributed by atoms with Crippen LogP contribution in [0.25, 0.3) is 11.5 Å². The number of aryl methyl sites for hydroxylation is 1. The van der Waals surface area contributed by atoms with Crippen molar-refractivity contribution in [2.45, 2.75) is 39.2 Å². The third kappa shape index (κ3) is 1.95. The zero-order valence-corrected chi connectivity index (χ0v) is 10.3. The van der Waals surface area contributed by atoms with Gasteiger partial charge in [0.1, 0.15) is 0 Å². The van der Waals surface area contributed by atoms with Crippen molar-refractivity contribution in [3.05, 3.63) is 17.7 Å². The highest BCUT2D eigenvalue weighted by Crippen LogP contribution is 2.26. The number of aromatic nitrogens is 4. The van der Waals surface area contributed by atoms with Crippen LogP contribution in [0.3, 0.4) is 0 Å². The fourth-order valence-electron chi connectivity index (χ4n) is 1.67. The molecule has 0 aliphatic rings. The largest absolute Gasteiger partial charge is 0.334 e. The van der Waals surface area contributed by atoms with Crippen LogP contribution in [0.2, 0.25) is 0 Å². The van der Waals surface area contributed by atoms with Gasteiger partial charge in [0.25, 0.3) is 5.89 Å². The molecular formula is C11H17N5O. The Balaban J connectivity index is 2.37. The molecule has 0 unspecified atom stereocenters. The van der Waals surface area contributed by atoms with E-state index in [1.807, 2.05) is 20.8 Å². The van der Waals surface area contributed by atoms with Gasteiger partial charge >= 0.3 is 0 Å². The Labute approximate surface area is 99.6 Å². The molecule has 6 nitrogen and oxygen atoms in total. The molecule has 2 heterocycles. The lowest BCUT2D eigenvalue weighted by atomic mass is 9.93.